The molecule has 3 rings (SSSR count). The van der Waals surface area contributed by atoms with Crippen molar-refractivity contribution in [2.75, 3.05) is 6.54 Å². The van der Waals surface area contributed by atoms with Crippen molar-refractivity contribution in [2.24, 2.45) is 0 Å². The third-order valence-electron chi connectivity index (χ3n) is 3.89. The van der Waals surface area contributed by atoms with E-state index in [1.165, 1.54) is 46.6 Å². The molecule has 102 valence electrons. The van der Waals surface area contributed by atoms with Gasteiger partial charge in [0, 0.05) is 12.0 Å². The summed E-state index contributed by atoms with van der Waals surface area (Å²) in [6, 6.07) is 7.28. The molecule has 1 aromatic carbocycles. The summed E-state index contributed by atoms with van der Waals surface area (Å²) < 4.78 is 1.34. The van der Waals surface area contributed by atoms with Crippen LogP contribution in [-0.4, -0.2) is 17.6 Å². The third-order valence-corrected chi connectivity index (χ3v) is 5.21. The van der Waals surface area contributed by atoms with Crippen molar-refractivity contribution in [3.63, 3.8) is 0 Å². The average Bonchev–Trinajstić information content (AvgIpc) is 2.85. The van der Waals surface area contributed by atoms with E-state index in [9.17, 15) is 0 Å². The standard InChI is InChI=1S/C16H22N2S/c1-11(2)16-18-15-12(6-5-8-14(15)19-16)10-13-7-3-4-9-17-13/h5-6,8,11,13,17H,3-4,7,9-10H2,1-2H3. The lowest BCUT2D eigenvalue weighted by atomic mass is 9.97. The second-order valence-electron chi connectivity index (χ2n) is 5.82. The van der Waals surface area contributed by atoms with Crippen molar-refractivity contribution in [1.29, 1.82) is 0 Å². The van der Waals surface area contributed by atoms with Crippen LogP contribution in [0.5, 0.6) is 0 Å². The molecule has 1 atom stereocenters. The van der Waals surface area contributed by atoms with Crippen LogP contribution in [0.1, 0.15) is 49.6 Å². The van der Waals surface area contributed by atoms with Crippen LogP contribution in [-0.2, 0) is 6.42 Å². The van der Waals surface area contributed by atoms with Crippen molar-refractivity contribution in [1.82, 2.24) is 10.3 Å². The summed E-state index contributed by atoms with van der Waals surface area (Å²) in [4.78, 5) is 4.87. The zero-order chi connectivity index (χ0) is 13.2. The first-order valence-electron chi connectivity index (χ1n) is 7.36. The number of piperidine rings is 1. The van der Waals surface area contributed by atoms with Gasteiger partial charge in [-0.3, -0.25) is 0 Å². The summed E-state index contributed by atoms with van der Waals surface area (Å²) in [5, 5.41) is 4.90. The summed E-state index contributed by atoms with van der Waals surface area (Å²) >= 11 is 1.85. The molecule has 0 radical (unpaired) electrons. The normalized spacial score (nSPS) is 20.3. The summed E-state index contributed by atoms with van der Waals surface area (Å²) in [5.41, 5.74) is 2.66. The van der Waals surface area contributed by atoms with Gasteiger partial charge in [0.1, 0.15) is 0 Å². The molecule has 1 aliphatic rings. The molecule has 2 aromatic rings. The Kier molecular flexibility index (Phi) is 3.85. The quantitative estimate of drug-likeness (QED) is 0.911. The van der Waals surface area contributed by atoms with Crippen molar-refractivity contribution in [2.45, 2.75) is 51.5 Å². The van der Waals surface area contributed by atoms with Crippen molar-refractivity contribution >= 4 is 21.6 Å². The highest BCUT2D eigenvalue weighted by Crippen LogP contribution is 2.30. The Labute approximate surface area is 119 Å². The van der Waals surface area contributed by atoms with E-state index >= 15 is 0 Å². The molecule has 19 heavy (non-hydrogen) atoms. The van der Waals surface area contributed by atoms with Gasteiger partial charge in [0.15, 0.2) is 0 Å². The zero-order valence-corrected chi connectivity index (χ0v) is 12.6. The fraction of sp³-hybridized carbons (Fsp3) is 0.562. The molecule has 1 saturated heterocycles. The van der Waals surface area contributed by atoms with Crippen LogP contribution in [0, 0.1) is 0 Å². The molecule has 3 heteroatoms. The molecule has 0 amide bonds. The molecular weight excluding hydrogens is 252 g/mol. The molecule has 1 fully saturated rings. The molecule has 1 aliphatic heterocycles. The average molecular weight is 274 g/mol. The zero-order valence-electron chi connectivity index (χ0n) is 11.8. The van der Waals surface area contributed by atoms with E-state index in [1.54, 1.807) is 0 Å². The minimum atomic E-state index is 0.526. The molecular formula is C16H22N2S. The van der Waals surface area contributed by atoms with Gasteiger partial charge in [0.05, 0.1) is 15.2 Å². The molecule has 2 heterocycles. The lowest BCUT2D eigenvalue weighted by Gasteiger charge is -2.23. The second-order valence-corrected chi connectivity index (χ2v) is 6.88. The van der Waals surface area contributed by atoms with Gasteiger partial charge in [0.25, 0.3) is 0 Å². The van der Waals surface area contributed by atoms with Gasteiger partial charge in [-0.1, -0.05) is 32.4 Å². The number of fused-ring (bicyclic) bond motifs is 1. The molecule has 2 nitrogen and oxygen atoms in total. The van der Waals surface area contributed by atoms with Crippen LogP contribution in [0.3, 0.4) is 0 Å². The highest BCUT2D eigenvalue weighted by atomic mass is 32.1. The Morgan fingerprint density at radius 3 is 3.00 bits per heavy atom. The number of hydrogen-bond acceptors (Lipinski definition) is 3. The summed E-state index contributed by atoms with van der Waals surface area (Å²) in [6.07, 6.45) is 5.12. The number of nitrogens with one attached hydrogen (secondary N) is 1. The maximum atomic E-state index is 4.87. The van der Waals surface area contributed by atoms with E-state index in [0.717, 1.165) is 6.42 Å². The Bertz CT molecular complexity index is 553. The monoisotopic (exact) mass is 274 g/mol. The topological polar surface area (TPSA) is 24.9 Å². The van der Waals surface area contributed by atoms with Crippen LogP contribution >= 0.6 is 11.3 Å². The first-order chi connectivity index (χ1) is 9.24. The van der Waals surface area contributed by atoms with Crippen LogP contribution < -0.4 is 5.32 Å². The first-order valence-corrected chi connectivity index (χ1v) is 8.17. The molecule has 0 spiro atoms. The maximum Gasteiger partial charge on any atom is 0.0964 e. The largest absolute Gasteiger partial charge is 0.314 e. The van der Waals surface area contributed by atoms with Crippen LogP contribution in [0.15, 0.2) is 18.2 Å². The van der Waals surface area contributed by atoms with E-state index in [0.29, 0.717) is 12.0 Å². The predicted octanol–water partition coefficient (Wildman–Crippen LogP) is 4.10. The molecule has 0 aliphatic carbocycles. The Balaban J connectivity index is 1.89. The van der Waals surface area contributed by atoms with Crippen LogP contribution in [0.25, 0.3) is 10.2 Å². The lowest BCUT2D eigenvalue weighted by Crippen LogP contribution is -2.35. The molecule has 1 unspecified atom stereocenters. The van der Waals surface area contributed by atoms with E-state index < -0.39 is 0 Å². The van der Waals surface area contributed by atoms with Gasteiger partial charge in [0.2, 0.25) is 0 Å². The Hall–Kier alpha value is -0.930. The van der Waals surface area contributed by atoms with Gasteiger partial charge in [-0.15, -0.1) is 11.3 Å². The number of rotatable bonds is 3. The van der Waals surface area contributed by atoms with Crippen LogP contribution in [0.4, 0.5) is 0 Å². The smallest absolute Gasteiger partial charge is 0.0964 e. The number of aromatic nitrogens is 1. The minimum Gasteiger partial charge on any atom is -0.314 e. The molecule has 0 bridgehead atoms. The third kappa shape index (κ3) is 2.82. The number of hydrogen-bond donors (Lipinski definition) is 1. The highest BCUT2D eigenvalue weighted by Gasteiger charge is 2.16. The fourth-order valence-corrected chi connectivity index (χ4v) is 3.82. The van der Waals surface area contributed by atoms with E-state index in [4.69, 9.17) is 4.98 Å². The molecule has 1 aromatic heterocycles. The summed E-state index contributed by atoms with van der Waals surface area (Å²) in [5.74, 6) is 0.526. The Morgan fingerprint density at radius 2 is 2.26 bits per heavy atom. The van der Waals surface area contributed by atoms with E-state index in [2.05, 4.69) is 37.4 Å². The van der Waals surface area contributed by atoms with Gasteiger partial charge >= 0.3 is 0 Å². The van der Waals surface area contributed by atoms with Gasteiger partial charge in [-0.25, -0.2) is 4.98 Å². The summed E-state index contributed by atoms with van der Waals surface area (Å²) in [7, 11) is 0. The number of nitrogens with zero attached hydrogens (tertiary/aromatic N) is 1. The minimum absolute atomic E-state index is 0.526. The number of para-hydroxylation sites is 1. The maximum absolute atomic E-state index is 4.87. The van der Waals surface area contributed by atoms with Crippen molar-refractivity contribution < 1.29 is 0 Å². The second kappa shape index (κ2) is 5.59. The van der Waals surface area contributed by atoms with E-state index in [-0.39, 0.29) is 0 Å². The SMILES string of the molecule is CC(C)c1nc2c(CC3CCCCN3)cccc2s1. The lowest BCUT2D eigenvalue weighted by molar-refractivity contribution is 0.400. The highest BCUT2D eigenvalue weighted by molar-refractivity contribution is 7.18. The Morgan fingerprint density at radius 1 is 1.37 bits per heavy atom. The van der Waals surface area contributed by atoms with Gasteiger partial charge in [-0.2, -0.15) is 0 Å². The van der Waals surface area contributed by atoms with Crippen LogP contribution in [0.2, 0.25) is 0 Å². The van der Waals surface area contributed by atoms with Crippen molar-refractivity contribution in [3.05, 3.63) is 28.8 Å². The van der Waals surface area contributed by atoms with Gasteiger partial charge < -0.3 is 5.32 Å². The fourth-order valence-electron chi connectivity index (χ4n) is 2.80. The summed E-state index contributed by atoms with van der Waals surface area (Å²) in [6.45, 7) is 5.62. The van der Waals surface area contributed by atoms with Crippen molar-refractivity contribution in [3.8, 4) is 0 Å². The number of thiazole rings is 1. The first kappa shape index (κ1) is 13.1. The number of benzene rings is 1. The predicted molar refractivity (Wildman–Crippen MR) is 83.1 cm³/mol. The molecule has 1 N–H and O–H groups in total. The molecule has 0 saturated carbocycles. The van der Waals surface area contributed by atoms with Gasteiger partial charge in [-0.05, 0) is 37.4 Å². The van der Waals surface area contributed by atoms with E-state index in [1.807, 2.05) is 11.3 Å².